The maximum absolute atomic E-state index is 11.3. The van der Waals surface area contributed by atoms with Crippen LogP contribution in [-0.4, -0.2) is 11.8 Å². The van der Waals surface area contributed by atoms with Gasteiger partial charge in [0.25, 0.3) is 0 Å². The fraction of sp³-hybridized carbons (Fsp3) is 0. The summed E-state index contributed by atoms with van der Waals surface area (Å²) in [6.07, 6.45) is 2.27. The molecular weight excluding hydrogens is 304 g/mol. The van der Waals surface area contributed by atoms with Gasteiger partial charge in [-0.3, -0.25) is 9.59 Å². The number of carbonyl (C=O) groups excluding carboxylic acids is 2. The summed E-state index contributed by atoms with van der Waals surface area (Å²) >= 11 is 0. The van der Waals surface area contributed by atoms with E-state index >= 15 is 0 Å². The van der Waals surface area contributed by atoms with E-state index in [0.29, 0.717) is 11.4 Å². The predicted molar refractivity (Wildman–Crippen MR) is 95.3 cm³/mol. The molecule has 3 N–H and O–H groups in total. The summed E-state index contributed by atoms with van der Waals surface area (Å²) in [5, 5.41) is 10.9. The van der Waals surface area contributed by atoms with Crippen LogP contribution in [0.5, 0.6) is 0 Å². The molecule has 0 bridgehead atoms. The number of azo groups is 1. The highest BCUT2D eigenvalue weighted by atomic mass is 16.1. The van der Waals surface area contributed by atoms with E-state index in [2.05, 4.69) is 34.4 Å². The Morgan fingerprint density at radius 2 is 1.50 bits per heavy atom. The SMILES string of the molecule is C=CC(=O)Nc1ccccc1N=Nc1ccccc1.C=CC(N)=O. The summed E-state index contributed by atoms with van der Waals surface area (Å²) in [4.78, 5) is 20.8. The first-order valence-electron chi connectivity index (χ1n) is 6.98. The minimum atomic E-state index is -0.481. The van der Waals surface area contributed by atoms with E-state index in [1.54, 1.807) is 12.1 Å². The van der Waals surface area contributed by atoms with Crippen molar-refractivity contribution in [2.75, 3.05) is 5.32 Å². The standard InChI is InChI=1S/C15H13N3O.C3H5NO/c1-2-15(19)16-13-10-6-7-11-14(13)18-17-12-8-4-3-5-9-12;1-2-3(4)5/h2-11H,1H2,(H,16,19);2H,1H2,(H2,4,5). The molecule has 24 heavy (non-hydrogen) atoms. The lowest BCUT2D eigenvalue weighted by Gasteiger charge is -2.04. The van der Waals surface area contributed by atoms with Crippen LogP contribution in [0.3, 0.4) is 0 Å². The third kappa shape index (κ3) is 6.95. The van der Waals surface area contributed by atoms with Crippen LogP contribution in [0.2, 0.25) is 0 Å². The van der Waals surface area contributed by atoms with E-state index in [1.807, 2.05) is 42.5 Å². The maximum Gasteiger partial charge on any atom is 0.247 e. The summed E-state index contributed by atoms with van der Waals surface area (Å²) in [7, 11) is 0. The van der Waals surface area contributed by atoms with Gasteiger partial charge in [-0.1, -0.05) is 43.5 Å². The maximum atomic E-state index is 11.3. The molecule has 0 fully saturated rings. The van der Waals surface area contributed by atoms with Crippen molar-refractivity contribution in [3.05, 3.63) is 79.9 Å². The van der Waals surface area contributed by atoms with Crippen molar-refractivity contribution in [2.45, 2.75) is 0 Å². The molecule has 6 heteroatoms. The second-order valence-corrected chi connectivity index (χ2v) is 4.35. The number of amides is 2. The van der Waals surface area contributed by atoms with E-state index in [0.717, 1.165) is 11.8 Å². The lowest BCUT2D eigenvalue weighted by Crippen LogP contribution is -2.07. The Morgan fingerprint density at radius 3 is 2.08 bits per heavy atom. The Labute approximate surface area is 140 Å². The van der Waals surface area contributed by atoms with Crippen molar-refractivity contribution in [2.24, 2.45) is 16.0 Å². The van der Waals surface area contributed by atoms with E-state index in [-0.39, 0.29) is 5.91 Å². The summed E-state index contributed by atoms with van der Waals surface area (Å²) < 4.78 is 0. The molecular formula is C18H18N4O2. The zero-order chi connectivity index (χ0) is 17.8. The van der Waals surface area contributed by atoms with Gasteiger partial charge in [0.2, 0.25) is 11.8 Å². The van der Waals surface area contributed by atoms with E-state index in [9.17, 15) is 9.59 Å². The lowest BCUT2D eigenvalue weighted by molar-refractivity contribution is -0.113. The Kier molecular flexibility index (Phi) is 7.89. The second-order valence-electron chi connectivity index (χ2n) is 4.35. The van der Waals surface area contributed by atoms with Gasteiger partial charge in [-0.2, -0.15) is 5.11 Å². The van der Waals surface area contributed by atoms with Crippen molar-refractivity contribution >= 4 is 28.9 Å². The molecule has 2 aromatic rings. The summed E-state index contributed by atoms with van der Waals surface area (Å²) in [5.74, 6) is -0.757. The van der Waals surface area contributed by atoms with Crippen LogP contribution >= 0.6 is 0 Å². The van der Waals surface area contributed by atoms with Gasteiger partial charge >= 0.3 is 0 Å². The molecule has 0 aromatic heterocycles. The van der Waals surface area contributed by atoms with E-state index < -0.39 is 5.91 Å². The third-order valence-corrected chi connectivity index (χ3v) is 2.58. The van der Waals surface area contributed by atoms with Crippen LogP contribution in [0.4, 0.5) is 17.1 Å². The van der Waals surface area contributed by atoms with Gasteiger partial charge in [-0.15, -0.1) is 5.11 Å². The van der Waals surface area contributed by atoms with Crippen LogP contribution in [0.15, 0.2) is 90.1 Å². The second kappa shape index (κ2) is 10.2. The number of hydrogen-bond donors (Lipinski definition) is 2. The number of rotatable bonds is 5. The molecule has 0 saturated carbocycles. The minimum absolute atomic E-state index is 0.276. The molecule has 0 aliphatic carbocycles. The number of nitrogens with two attached hydrogens (primary N) is 1. The van der Waals surface area contributed by atoms with Gasteiger partial charge in [0.1, 0.15) is 5.69 Å². The van der Waals surface area contributed by atoms with Gasteiger partial charge in [-0.05, 0) is 36.4 Å². The number of nitrogens with one attached hydrogen (secondary N) is 1. The first-order chi connectivity index (χ1) is 11.6. The Morgan fingerprint density at radius 1 is 0.917 bits per heavy atom. The van der Waals surface area contributed by atoms with Gasteiger partial charge < -0.3 is 11.1 Å². The first-order valence-corrected chi connectivity index (χ1v) is 6.98. The van der Waals surface area contributed by atoms with Crippen molar-refractivity contribution in [1.29, 1.82) is 0 Å². The largest absolute Gasteiger partial charge is 0.366 e. The number of nitrogens with zero attached hydrogens (tertiary/aromatic N) is 2. The van der Waals surface area contributed by atoms with E-state index in [1.165, 1.54) is 6.08 Å². The molecule has 0 saturated heterocycles. The fourth-order valence-corrected chi connectivity index (χ4v) is 1.46. The molecule has 2 aromatic carbocycles. The molecule has 0 unspecified atom stereocenters. The molecule has 122 valence electrons. The van der Waals surface area contributed by atoms with Crippen molar-refractivity contribution in [1.82, 2.24) is 0 Å². The van der Waals surface area contributed by atoms with Crippen molar-refractivity contribution in [3.63, 3.8) is 0 Å². The number of primary amides is 1. The zero-order valence-electron chi connectivity index (χ0n) is 13.1. The minimum Gasteiger partial charge on any atom is -0.366 e. The highest BCUT2D eigenvalue weighted by molar-refractivity contribution is 6.00. The van der Waals surface area contributed by atoms with Gasteiger partial charge in [-0.25, -0.2) is 0 Å². The highest BCUT2D eigenvalue weighted by Gasteiger charge is 2.02. The molecule has 0 aliphatic rings. The number of benzene rings is 2. The Hall–Kier alpha value is -3.54. The average Bonchev–Trinajstić information content (AvgIpc) is 2.62. The molecule has 0 radical (unpaired) electrons. The third-order valence-electron chi connectivity index (χ3n) is 2.58. The smallest absolute Gasteiger partial charge is 0.247 e. The van der Waals surface area contributed by atoms with Crippen LogP contribution in [0, 0.1) is 0 Å². The van der Waals surface area contributed by atoms with E-state index in [4.69, 9.17) is 0 Å². The number of carbonyl (C=O) groups is 2. The van der Waals surface area contributed by atoms with Crippen molar-refractivity contribution < 1.29 is 9.59 Å². The summed E-state index contributed by atoms with van der Waals surface area (Å²) in [5.41, 5.74) is 6.49. The summed E-state index contributed by atoms with van der Waals surface area (Å²) in [6.45, 7) is 6.50. The van der Waals surface area contributed by atoms with Gasteiger partial charge in [0.05, 0.1) is 11.4 Å². The monoisotopic (exact) mass is 322 g/mol. The molecule has 0 spiro atoms. The quantitative estimate of drug-likeness (QED) is 0.645. The average molecular weight is 322 g/mol. The number of anilines is 1. The molecule has 0 heterocycles. The normalized spacial score (nSPS) is 9.50. The van der Waals surface area contributed by atoms with Crippen LogP contribution < -0.4 is 11.1 Å². The molecule has 0 atom stereocenters. The Bertz CT molecular complexity index is 740. The van der Waals surface area contributed by atoms with Gasteiger partial charge in [0, 0.05) is 0 Å². The molecule has 6 nitrogen and oxygen atoms in total. The molecule has 2 rings (SSSR count). The Balaban J connectivity index is 0.000000505. The highest BCUT2D eigenvalue weighted by Crippen LogP contribution is 2.26. The lowest BCUT2D eigenvalue weighted by atomic mass is 10.2. The summed E-state index contributed by atoms with van der Waals surface area (Å²) in [6, 6.07) is 16.6. The first kappa shape index (κ1) is 18.5. The predicted octanol–water partition coefficient (Wildman–Crippen LogP) is 3.88. The molecule has 2 amide bonds. The van der Waals surface area contributed by atoms with Gasteiger partial charge in [0.15, 0.2) is 0 Å². The van der Waals surface area contributed by atoms with Crippen molar-refractivity contribution in [3.8, 4) is 0 Å². The van der Waals surface area contributed by atoms with Crippen LogP contribution in [-0.2, 0) is 9.59 Å². The topological polar surface area (TPSA) is 96.9 Å². The number of para-hydroxylation sites is 1. The van der Waals surface area contributed by atoms with Crippen LogP contribution in [0.1, 0.15) is 0 Å². The van der Waals surface area contributed by atoms with Crippen LogP contribution in [0.25, 0.3) is 0 Å². The zero-order valence-corrected chi connectivity index (χ0v) is 13.1. The fourth-order valence-electron chi connectivity index (χ4n) is 1.46. The number of hydrogen-bond acceptors (Lipinski definition) is 4. The molecule has 0 aliphatic heterocycles.